The fourth-order valence-corrected chi connectivity index (χ4v) is 4.24. The van der Waals surface area contributed by atoms with Crippen molar-refractivity contribution in [3.63, 3.8) is 0 Å². The maximum atomic E-state index is 13.6. The molecule has 2 aromatic carbocycles. The number of hydrogen-bond acceptors (Lipinski definition) is 5. The molecule has 0 bridgehead atoms. The lowest BCUT2D eigenvalue weighted by Crippen LogP contribution is -2.31. The Morgan fingerprint density at radius 1 is 1.16 bits per heavy atom. The summed E-state index contributed by atoms with van der Waals surface area (Å²) in [6, 6.07) is 14.8. The second-order valence-corrected chi connectivity index (χ2v) is 8.73. The van der Waals surface area contributed by atoms with Crippen LogP contribution in [0.4, 0.5) is 4.39 Å². The summed E-state index contributed by atoms with van der Waals surface area (Å²) in [7, 11) is 0. The van der Waals surface area contributed by atoms with Gasteiger partial charge in [-0.2, -0.15) is 0 Å². The summed E-state index contributed by atoms with van der Waals surface area (Å²) in [5.74, 6) is 0.736. The van der Waals surface area contributed by atoms with Gasteiger partial charge in [0.15, 0.2) is 5.58 Å². The molecule has 1 amide bonds. The Labute approximate surface area is 194 Å². The summed E-state index contributed by atoms with van der Waals surface area (Å²) in [6.45, 7) is 2.50. The van der Waals surface area contributed by atoms with Crippen LogP contribution in [-0.4, -0.2) is 26.5 Å². The second-order valence-electron chi connectivity index (χ2n) is 7.21. The Bertz CT molecular complexity index is 1230. The Morgan fingerprint density at radius 3 is 2.75 bits per heavy atom. The number of amides is 1. The fraction of sp³-hybridized carbons (Fsp3) is 0.208. The predicted molar refractivity (Wildman–Crippen MR) is 124 cm³/mol. The maximum absolute atomic E-state index is 13.6. The van der Waals surface area contributed by atoms with Gasteiger partial charge in [-0.05, 0) is 60.2 Å². The first-order valence-corrected chi connectivity index (χ1v) is 11.6. The van der Waals surface area contributed by atoms with E-state index in [1.807, 2.05) is 0 Å². The van der Waals surface area contributed by atoms with E-state index in [9.17, 15) is 9.18 Å². The fourth-order valence-electron chi connectivity index (χ4n) is 3.23. The lowest BCUT2D eigenvalue weighted by molar-refractivity contribution is 0.0711. The third-order valence-electron chi connectivity index (χ3n) is 4.74. The first-order chi connectivity index (χ1) is 15.5. The van der Waals surface area contributed by atoms with Crippen LogP contribution in [0.5, 0.6) is 0 Å². The molecular formula is C24H21ClFN3O2S. The molecule has 8 heteroatoms. The molecule has 2 aromatic heterocycles. The number of thioether (sulfide) groups is 1. The quantitative estimate of drug-likeness (QED) is 0.281. The molecule has 2 heterocycles. The Morgan fingerprint density at radius 2 is 1.97 bits per heavy atom. The topological polar surface area (TPSA) is 59.2 Å². The molecule has 0 fully saturated rings. The largest absolute Gasteiger partial charge is 0.439 e. The summed E-state index contributed by atoms with van der Waals surface area (Å²) in [4.78, 5) is 24.1. The zero-order chi connectivity index (χ0) is 22.5. The number of carbonyl (C=O) groups excluding carboxylic acids is 1. The van der Waals surface area contributed by atoms with Gasteiger partial charge in [0.25, 0.3) is 5.91 Å². The van der Waals surface area contributed by atoms with E-state index in [0.717, 1.165) is 17.7 Å². The van der Waals surface area contributed by atoms with Crippen LogP contribution in [0.25, 0.3) is 11.1 Å². The summed E-state index contributed by atoms with van der Waals surface area (Å²) in [6.07, 6.45) is 2.66. The van der Waals surface area contributed by atoms with E-state index in [-0.39, 0.29) is 24.8 Å². The molecule has 0 aliphatic carbocycles. The van der Waals surface area contributed by atoms with E-state index in [4.69, 9.17) is 16.0 Å². The van der Waals surface area contributed by atoms with Crippen LogP contribution >= 0.6 is 23.4 Å². The van der Waals surface area contributed by atoms with Gasteiger partial charge >= 0.3 is 0 Å². The van der Waals surface area contributed by atoms with Gasteiger partial charge in [0.05, 0.1) is 12.1 Å². The molecule has 0 saturated carbocycles. The van der Waals surface area contributed by atoms with Crippen molar-refractivity contribution in [3.8, 4) is 0 Å². The molecule has 4 rings (SSSR count). The Kier molecular flexibility index (Phi) is 7.07. The van der Waals surface area contributed by atoms with Crippen molar-refractivity contribution in [3.05, 3.63) is 88.7 Å². The van der Waals surface area contributed by atoms with E-state index in [1.54, 1.807) is 65.3 Å². The molecule has 4 aromatic rings. The average molecular weight is 470 g/mol. The lowest BCUT2D eigenvalue weighted by Gasteiger charge is -2.22. The highest BCUT2D eigenvalue weighted by molar-refractivity contribution is 7.99. The van der Waals surface area contributed by atoms with E-state index >= 15 is 0 Å². The summed E-state index contributed by atoms with van der Waals surface area (Å²) in [5.41, 5.74) is 2.54. The van der Waals surface area contributed by atoms with Crippen LogP contribution in [-0.2, 0) is 13.1 Å². The molecule has 0 aliphatic rings. The molecule has 0 unspecified atom stereocenters. The van der Waals surface area contributed by atoms with Crippen molar-refractivity contribution < 1.29 is 13.6 Å². The van der Waals surface area contributed by atoms with Crippen molar-refractivity contribution >= 4 is 40.4 Å². The number of nitrogens with zero attached hydrogens (tertiary/aromatic N) is 3. The number of rotatable bonds is 8. The zero-order valence-corrected chi connectivity index (χ0v) is 19.0. The average Bonchev–Trinajstić information content (AvgIpc) is 3.20. The van der Waals surface area contributed by atoms with Crippen LogP contribution in [0, 0.1) is 5.82 Å². The van der Waals surface area contributed by atoms with Crippen LogP contribution in [0.1, 0.15) is 35.2 Å². The minimum Gasteiger partial charge on any atom is -0.439 e. The third-order valence-corrected chi connectivity index (χ3v) is 6.18. The number of aromatic nitrogens is 2. The number of fused-ring (bicyclic) bond motifs is 1. The maximum Gasteiger partial charge on any atom is 0.257 e. The number of pyridine rings is 1. The molecular weight excluding hydrogens is 449 g/mol. The predicted octanol–water partition coefficient (Wildman–Crippen LogP) is 6.36. The van der Waals surface area contributed by atoms with Crippen molar-refractivity contribution in [1.82, 2.24) is 14.9 Å². The first-order valence-electron chi connectivity index (χ1n) is 10.2. The van der Waals surface area contributed by atoms with Crippen LogP contribution in [0.3, 0.4) is 0 Å². The SMILES string of the molecule is CCCSc1ncccc1C(=O)N(Cc1ccc(F)cc1)Cc1nc2cc(Cl)ccc2o1. The normalized spacial score (nSPS) is 11.1. The number of oxazole rings is 1. The third kappa shape index (κ3) is 5.29. The van der Waals surface area contributed by atoms with E-state index < -0.39 is 0 Å². The van der Waals surface area contributed by atoms with Crippen molar-refractivity contribution in [2.75, 3.05) is 5.75 Å². The second kappa shape index (κ2) is 10.1. The smallest absolute Gasteiger partial charge is 0.257 e. The standard InChI is InChI=1S/C24H21ClFN3O2S/c1-2-12-32-23-19(4-3-11-27-23)24(30)29(14-16-5-8-18(26)9-6-16)15-22-28-20-13-17(25)7-10-21(20)31-22/h3-11,13H,2,12,14-15H2,1H3. The first kappa shape index (κ1) is 22.3. The van der Waals surface area contributed by atoms with E-state index in [0.29, 0.717) is 32.6 Å². The minimum absolute atomic E-state index is 0.148. The van der Waals surface area contributed by atoms with Gasteiger partial charge in [-0.15, -0.1) is 11.8 Å². The lowest BCUT2D eigenvalue weighted by atomic mass is 10.2. The van der Waals surface area contributed by atoms with Gasteiger partial charge in [-0.25, -0.2) is 14.4 Å². The van der Waals surface area contributed by atoms with Gasteiger partial charge in [-0.1, -0.05) is 30.7 Å². The molecule has 0 saturated heterocycles. The zero-order valence-electron chi connectivity index (χ0n) is 17.4. The Hall–Kier alpha value is -2.90. The molecule has 0 atom stereocenters. The van der Waals surface area contributed by atoms with Crippen LogP contribution in [0.15, 0.2) is 70.2 Å². The number of hydrogen-bond donors (Lipinski definition) is 0. The van der Waals surface area contributed by atoms with Crippen LogP contribution < -0.4 is 0 Å². The van der Waals surface area contributed by atoms with Gasteiger partial charge in [0.1, 0.15) is 16.4 Å². The van der Waals surface area contributed by atoms with Crippen molar-refractivity contribution in [2.24, 2.45) is 0 Å². The molecule has 5 nitrogen and oxygen atoms in total. The van der Waals surface area contributed by atoms with Crippen molar-refractivity contribution in [2.45, 2.75) is 31.5 Å². The van der Waals surface area contributed by atoms with Gasteiger partial charge in [-0.3, -0.25) is 4.79 Å². The molecule has 164 valence electrons. The highest BCUT2D eigenvalue weighted by Crippen LogP contribution is 2.25. The van der Waals surface area contributed by atoms with E-state index in [1.165, 1.54) is 12.1 Å². The molecule has 0 N–H and O–H groups in total. The van der Waals surface area contributed by atoms with Crippen LogP contribution in [0.2, 0.25) is 5.02 Å². The van der Waals surface area contributed by atoms with E-state index in [2.05, 4.69) is 16.9 Å². The number of halogens is 2. The summed E-state index contributed by atoms with van der Waals surface area (Å²) in [5, 5.41) is 1.25. The van der Waals surface area contributed by atoms with Gasteiger partial charge in [0, 0.05) is 17.8 Å². The number of benzene rings is 2. The molecule has 0 spiro atoms. The highest BCUT2D eigenvalue weighted by Gasteiger charge is 2.22. The highest BCUT2D eigenvalue weighted by atomic mass is 35.5. The van der Waals surface area contributed by atoms with Crippen molar-refractivity contribution in [1.29, 1.82) is 0 Å². The molecule has 0 aliphatic heterocycles. The van der Waals surface area contributed by atoms with Gasteiger partial charge in [0.2, 0.25) is 5.89 Å². The Balaban J connectivity index is 1.66. The van der Waals surface area contributed by atoms with Gasteiger partial charge < -0.3 is 9.32 Å². The monoisotopic (exact) mass is 469 g/mol. The molecule has 0 radical (unpaired) electrons. The summed E-state index contributed by atoms with van der Waals surface area (Å²) < 4.78 is 19.2. The minimum atomic E-state index is -0.326. The molecule has 32 heavy (non-hydrogen) atoms. The number of carbonyl (C=O) groups is 1. The summed E-state index contributed by atoms with van der Waals surface area (Å²) >= 11 is 7.61.